The van der Waals surface area contributed by atoms with Gasteiger partial charge in [0.25, 0.3) is 0 Å². The second-order valence-electron chi connectivity index (χ2n) is 4.79. The van der Waals surface area contributed by atoms with Gasteiger partial charge in [0.05, 0.1) is 6.10 Å². The van der Waals surface area contributed by atoms with E-state index in [9.17, 15) is 23.6 Å². The van der Waals surface area contributed by atoms with Crippen LogP contribution in [0, 0.1) is 16.0 Å². The maximum Gasteiger partial charge on any atom is 0.363 e. The molecule has 0 aromatic carbocycles. The van der Waals surface area contributed by atoms with Crippen LogP contribution in [0.1, 0.15) is 19.3 Å². The van der Waals surface area contributed by atoms with Gasteiger partial charge in [-0.1, -0.05) is 0 Å². The van der Waals surface area contributed by atoms with Crippen molar-refractivity contribution in [1.29, 1.82) is 0 Å². The minimum atomic E-state index is -3.72. The number of pyridine rings is 1. The molecule has 1 fully saturated rings. The molecule has 1 aliphatic carbocycles. The van der Waals surface area contributed by atoms with Crippen molar-refractivity contribution in [3.8, 4) is 0 Å². The largest absolute Gasteiger partial charge is 0.393 e. The summed E-state index contributed by atoms with van der Waals surface area (Å²) in [5.41, 5.74) is 0. The quantitative estimate of drug-likeness (QED) is 0.600. The zero-order valence-electron chi connectivity index (χ0n) is 10.6. The highest BCUT2D eigenvalue weighted by atomic mass is 32.2. The fraction of sp³-hybridized carbons (Fsp3) is 0.545. The Morgan fingerprint density at radius 3 is 2.70 bits per heavy atom. The molecule has 2 unspecified atom stereocenters. The van der Waals surface area contributed by atoms with E-state index in [2.05, 4.69) is 9.71 Å². The molecule has 2 N–H and O–H groups in total. The van der Waals surface area contributed by atoms with Crippen LogP contribution in [-0.4, -0.2) is 36.1 Å². The Bertz CT molecular complexity index is 587. The summed E-state index contributed by atoms with van der Waals surface area (Å²) in [5, 5.41) is 19.8. The molecule has 0 amide bonds. The Balaban J connectivity index is 2.00. The van der Waals surface area contributed by atoms with Crippen molar-refractivity contribution in [3.05, 3.63) is 28.4 Å². The number of rotatable bonds is 5. The lowest BCUT2D eigenvalue weighted by Gasteiger charge is -2.10. The van der Waals surface area contributed by atoms with Gasteiger partial charge >= 0.3 is 5.82 Å². The Labute approximate surface area is 116 Å². The maximum absolute atomic E-state index is 12.0. The summed E-state index contributed by atoms with van der Waals surface area (Å²) >= 11 is 0. The van der Waals surface area contributed by atoms with Crippen molar-refractivity contribution >= 4 is 15.8 Å². The molecule has 2 atom stereocenters. The van der Waals surface area contributed by atoms with E-state index in [-0.39, 0.29) is 23.5 Å². The van der Waals surface area contributed by atoms with E-state index in [1.807, 2.05) is 0 Å². The van der Waals surface area contributed by atoms with Gasteiger partial charge in [-0.2, -0.15) is 0 Å². The molecule has 0 radical (unpaired) electrons. The third-order valence-corrected chi connectivity index (χ3v) is 4.70. The van der Waals surface area contributed by atoms with Crippen molar-refractivity contribution in [2.45, 2.75) is 30.3 Å². The van der Waals surface area contributed by atoms with Gasteiger partial charge in [-0.15, -0.1) is 0 Å². The summed E-state index contributed by atoms with van der Waals surface area (Å²) in [7, 11) is -3.72. The molecule has 0 saturated heterocycles. The van der Waals surface area contributed by atoms with Crippen LogP contribution < -0.4 is 4.72 Å². The van der Waals surface area contributed by atoms with Gasteiger partial charge in [0, 0.05) is 12.6 Å². The van der Waals surface area contributed by atoms with E-state index >= 15 is 0 Å². The molecule has 8 nitrogen and oxygen atoms in total. The van der Waals surface area contributed by atoms with Crippen molar-refractivity contribution < 1.29 is 18.4 Å². The molecule has 2 rings (SSSR count). The number of aliphatic hydroxyl groups excluding tert-OH is 1. The average molecular weight is 301 g/mol. The fourth-order valence-electron chi connectivity index (χ4n) is 2.18. The van der Waals surface area contributed by atoms with Crippen LogP contribution in [0.5, 0.6) is 0 Å². The number of nitrogens with zero attached hydrogens (tertiary/aromatic N) is 2. The Hall–Kier alpha value is -1.58. The molecule has 9 heteroatoms. The molecule has 0 spiro atoms. The second-order valence-corrected chi connectivity index (χ2v) is 6.56. The minimum Gasteiger partial charge on any atom is -0.393 e. The van der Waals surface area contributed by atoms with Crippen LogP contribution in [0.25, 0.3) is 0 Å². The van der Waals surface area contributed by atoms with Crippen LogP contribution in [0.4, 0.5) is 5.82 Å². The van der Waals surface area contributed by atoms with Crippen LogP contribution in [0.2, 0.25) is 0 Å². The van der Waals surface area contributed by atoms with Gasteiger partial charge in [0.1, 0.15) is 4.90 Å². The normalized spacial score (nSPS) is 22.9. The summed E-state index contributed by atoms with van der Waals surface area (Å²) in [4.78, 5) is 13.1. The zero-order chi connectivity index (χ0) is 14.8. The highest BCUT2D eigenvalue weighted by Gasteiger charge is 2.25. The molecule has 1 aliphatic rings. The van der Waals surface area contributed by atoms with Gasteiger partial charge in [-0.25, -0.2) is 13.1 Å². The van der Waals surface area contributed by atoms with E-state index < -0.39 is 20.8 Å². The van der Waals surface area contributed by atoms with E-state index in [4.69, 9.17) is 0 Å². The first-order valence-corrected chi connectivity index (χ1v) is 7.65. The predicted octanol–water partition coefficient (Wildman–Crippen LogP) is 0.429. The molecule has 1 heterocycles. The topological polar surface area (TPSA) is 122 Å². The molecular formula is C11H15N3O5S. The number of nitro groups is 1. The van der Waals surface area contributed by atoms with Crippen LogP contribution in [0.3, 0.4) is 0 Å². The van der Waals surface area contributed by atoms with Crippen molar-refractivity contribution in [2.24, 2.45) is 5.92 Å². The highest BCUT2D eigenvalue weighted by molar-refractivity contribution is 7.89. The van der Waals surface area contributed by atoms with Crippen LogP contribution >= 0.6 is 0 Å². The smallest absolute Gasteiger partial charge is 0.363 e. The third-order valence-electron chi connectivity index (χ3n) is 3.29. The molecule has 0 bridgehead atoms. The first kappa shape index (κ1) is 14.8. The summed E-state index contributed by atoms with van der Waals surface area (Å²) in [5.74, 6) is -0.284. The lowest BCUT2D eigenvalue weighted by molar-refractivity contribution is -0.389. The molecule has 1 aromatic rings. The van der Waals surface area contributed by atoms with E-state index in [0.29, 0.717) is 12.8 Å². The molecule has 1 aromatic heterocycles. The second kappa shape index (κ2) is 5.81. The molecular weight excluding hydrogens is 286 g/mol. The van der Waals surface area contributed by atoms with Crippen LogP contribution in [0.15, 0.2) is 23.2 Å². The summed E-state index contributed by atoms with van der Waals surface area (Å²) in [6, 6.07) is 2.20. The predicted molar refractivity (Wildman–Crippen MR) is 69.4 cm³/mol. The molecule has 0 aliphatic heterocycles. The SMILES string of the molecule is O=[N+]([O-])c1ccc(S(=O)(=O)NCC2CCC(O)C2)cn1. The van der Waals surface area contributed by atoms with E-state index in [0.717, 1.165) is 24.8 Å². The number of aliphatic hydroxyl groups is 1. The van der Waals surface area contributed by atoms with E-state index in [1.54, 1.807) is 0 Å². The average Bonchev–Trinajstić information content (AvgIpc) is 2.82. The molecule has 110 valence electrons. The first-order valence-electron chi connectivity index (χ1n) is 6.16. The Morgan fingerprint density at radius 1 is 1.45 bits per heavy atom. The van der Waals surface area contributed by atoms with Gasteiger partial charge in [-0.05, 0) is 41.2 Å². The lowest BCUT2D eigenvalue weighted by Crippen LogP contribution is -2.29. The van der Waals surface area contributed by atoms with Gasteiger partial charge < -0.3 is 15.2 Å². The minimum absolute atomic E-state index is 0.110. The fourth-order valence-corrected chi connectivity index (χ4v) is 3.24. The number of hydrogen-bond acceptors (Lipinski definition) is 6. The molecule has 20 heavy (non-hydrogen) atoms. The van der Waals surface area contributed by atoms with Gasteiger partial charge in [0.2, 0.25) is 10.0 Å². The number of nitrogens with one attached hydrogen (secondary N) is 1. The first-order chi connectivity index (χ1) is 9.38. The van der Waals surface area contributed by atoms with Crippen LogP contribution in [-0.2, 0) is 10.0 Å². The maximum atomic E-state index is 12.0. The van der Waals surface area contributed by atoms with Crippen molar-refractivity contribution in [1.82, 2.24) is 9.71 Å². The van der Waals surface area contributed by atoms with E-state index in [1.165, 1.54) is 0 Å². The Morgan fingerprint density at radius 2 is 2.20 bits per heavy atom. The third kappa shape index (κ3) is 3.50. The van der Waals surface area contributed by atoms with Gasteiger partial charge in [-0.3, -0.25) is 0 Å². The zero-order valence-corrected chi connectivity index (χ0v) is 11.4. The summed E-state index contributed by atoms with van der Waals surface area (Å²) < 4.78 is 26.4. The number of sulfonamides is 1. The monoisotopic (exact) mass is 301 g/mol. The number of aromatic nitrogens is 1. The standard InChI is InChI=1S/C11H15N3O5S/c15-9-2-1-8(5-9)6-13-20(18,19)10-3-4-11(12-7-10)14(16)17/h3-4,7-9,13,15H,1-2,5-6H2. The highest BCUT2D eigenvalue weighted by Crippen LogP contribution is 2.25. The Kier molecular flexibility index (Phi) is 4.31. The summed E-state index contributed by atoms with van der Waals surface area (Å²) in [6.45, 7) is 0.246. The summed E-state index contributed by atoms with van der Waals surface area (Å²) in [6.07, 6.45) is 2.66. The van der Waals surface area contributed by atoms with Gasteiger partial charge in [0.15, 0.2) is 6.20 Å². The lowest BCUT2D eigenvalue weighted by atomic mass is 10.1. The number of hydrogen-bond donors (Lipinski definition) is 2. The molecule has 1 saturated carbocycles. The van der Waals surface area contributed by atoms with Crippen molar-refractivity contribution in [2.75, 3.05) is 6.54 Å². The van der Waals surface area contributed by atoms with Crippen molar-refractivity contribution in [3.63, 3.8) is 0 Å².